The molecule has 1 fully saturated rings. The molecule has 1 saturated carbocycles. The first-order chi connectivity index (χ1) is 6.83. The molecule has 0 unspecified atom stereocenters. The van der Waals surface area contributed by atoms with Crippen LogP contribution >= 0.6 is 0 Å². The molecule has 0 aromatic heterocycles. The van der Waals surface area contributed by atoms with Gasteiger partial charge in [-0.1, -0.05) is 6.07 Å². The summed E-state index contributed by atoms with van der Waals surface area (Å²) in [4.78, 5) is 0. The van der Waals surface area contributed by atoms with E-state index in [1.165, 1.54) is 0 Å². The Bertz CT molecular complexity index is 321. The van der Waals surface area contributed by atoms with Crippen LogP contribution in [0.3, 0.4) is 0 Å². The van der Waals surface area contributed by atoms with Gasteiger partial charge in [0.15, 0.2) is 0 Å². The predicted octanol–water partition coefficient (Wildman–Crippen LogP) is 1.70. The minimum absolute atomic E-state index is 0.396. The molecule has 0 heterocycles. The van der Waals surface area contributed by atoms with Crippen LogP contribution in [0.2, 0.25) is 0 Å². The van der Waals surface area contributed by atoms with Crippen molar-refractivity contribution >= 4 is 0 Å². The van der Waals surface area contributed by atoms with Gasteiger partial charge < -0.3 is 15.2 Å². The quantitative estimate of drug-likeness (QED) is 0.791. The molecule has 76 valence electrons. The van der Waals surface area contributed by atoms with E-state index in [1.54, 1.807) is 7.11 Å². The third kappa shape index (κ3) is 1.99. The maximum absolute atomic E-state index is 5.73. The molecule has 0 radical (unpaired) electrons. The summed E-state index contributed by atoms with van der Waals surface area (Å²) in [7, 11) is 1.65. The Kier molecular flexibility index (Phi) is 2.59. The Labute approximate surface area is 83.8 Å². The van der Waals surface area contributed by atoms with Gasteiger partial charge in [0.05, 0.1) is 13.2 Å². The highest BCUT2D eigenvalue weighted by molar-refractivity contribution is 5.41. The molecule has 1 aliphatic carbocycles. The lowest BCUT2D eigenvalue weighted by atomic mass is 10.2. The van der Waals surface area contributed by atoms with Crippen molar-refractivity contribution in [3.63, 3.8) is 0 Å². The van der Waals surface area contributed by atoms with Gasteiger partial charge in [-0.2, -0.15) is 0 Å². The lowest BCUT2D eigenvalue weighted by molar-refractivity contribution is 0.297. The standard InChI is InChI=1S/C11H15NO2/c1-13-10-3-2-8(7-12)11(6-10)14-9-4-5-9/h2-3,6,9H,4-5,7,12H2,1H3. The number of rotatable bonds is 4. The van der Waals surface area contributed by atoms with Crippen molar-refractivity contribution in [2.75, 3.05) is 7.11 Å². The number of nitrogens with two attached hydrogens (primary N) is 1. The highest BCUT2D eigenvalue weighted by Gasteiger charge is 2.24. The first-order valence-corrected chi connectivity index (χ1v) is 4.87. The van der Waals surface area contributed by atoms with E-state index in [-0.39, 0.29) is 0 Å². The number of hydrogen-bond acceptors (Lipinski definition) is 3. The molecule has 2 N–H and O–H groups in total. The van der Waals surface area contributed by atoms with Crippen molar-refractivity contribution in [2.24, 2.45) is 5.73 Å². The van der Waals surface area contributed by atoms with Gasteiger partial charge in [-0.3, -0.25) is 0 Å². The van der Waals surface area contributed by atoms with Crippen LogP contribution < -0.4 is 15.2 Å². The first-order valence-electron chi connectivity index (χ1n) is 4.87. The third-order valence-electron chi connectivity index (χ3n) is 2.31. The molecule has 0 bridgehead atoms. The highest BCUT2D eigenvalue weighted by atomic mass is 16.5. The maximum Gasteiger partial charge on any atom is 0.127 e. The van der Waals surface area contributed by atoms with Crippen LogP contribution in [0.5, 0.6) is 11.5 Å². The van der Waals surface area contributed by atoms with Gasteiger partial charge in [0.2, 0.25) is 0 Å². The molecule has 0 atom stereocenters. The van der Waals surface area contributed by atoms with E-state index in [2.05, 4.69) is 0 Å². The van der Waals surface area contributed by atoms with Gasteiger partial charge in [0.25, 0.3) is 0 Å². The monoisotopic (exact) mass is 193 g/mol. The zero-order chi connectivity index (χ0) is 9.97. The minimum atomic E-state index is 0.396. The van der Waals surface area contributed by atoms with Crippen molar-refractivity contribution in [3.05, 3.63) is 23.8 Å². The Morgan fingerprint density at radius 3 is 2.79 bits per heavy atom. The molecular weight excluding hydrogens is 178 g/mol. The van der Waals surface area contributed by atoms with Crippen molar-refractivity contribution in [3.8, 4) is 11.5 Å². The van der Waals surface area contributed by atoms with Crippen molar-refractivity contribution in [1.82, 2.24) is 0 Å². The Balaban J connectivity index is 2.21. The van der Waals surface area contributed by atoms with Crippen molar-refractivity contribution in [1.29, 1.82) is 0 Å². The fraction of sp³-hybridized carbons (Fsp3) is 0.455. The fourth-order valence-electron chi connectivity index (χ4n) is 1.31. The SMILES string of the molecule is COc1ccc(CN)c(OC2CC2)c1. The van der Waals surface area contributed by atoms with Crippen LogP contribution in [-0.4, -0.2) is 13.2 Å². The predicted molar refractivity (Wildman–Crippen MR) is 54.5 cm³/mol. The molecule has 1 aromatic carbocycles. The van der Waals surface area contributed by atoms with Gasteiger partial charge in [-0.25, -0.2) is 0 Å². The number of ether oxygens (including phenoxy) is 2. The maximum atomic E-state index is 5.73. The van der Waals surface area contributed by atoms with Gasteiger partial charge in [-0.15, -0.1) is 0 Å². The van der Waals surface area contributed by atoms with E-state index < -0.39 is 0 Å². The molecule has 2 rings (SSSR count). The van der Waals surface area contributed by atoms with Crippen LogP contribution in [0.15, 0.2) is 18.2 Å². The number of methoxy groups -OCH3 is 1. The van der Waals surface area contributed by atoms with Crippen LogP contribution in [0.25, 0.3) is 0 Å². The summed E-state index contributed by atoms with van der Waals surface area (Å²) < 4.78 is 10.9. The van der Waals surface area contributed by atoms with Gasteiger partial charge in [0, 0.05) is 18.2 Å². The Hall–Kier alpha value is -1.22. The van der Waals surface area contributed by atoms with E-state index in [9.17, 15) is 0 Å². The van der Waals surface area contributed by atoms with Gasteiger partial charge in [0.1, 0.15) is 11.5 Å². The van der Waals surface area contributed by atoms with Crippen LogP contribution in [0.4, 0.5) is 0 Å². The van der Waals surface area contributed by atoms with Gasteiger partial charge >= 0.3 is 0 Å². The molecule has 3 nitrogen and oxygen atoms in total. The smallest absolute Gasteiger partial charge is 0.127 e. The normalized spacial score (nSPS) is 15.3. The minimum Gasteiger partial charge on any atom is -0.497 e. The second-order valence-corrected chi connectivity index (χ2v) is 3.49. The highest BCUT2D eigenvalue weighted by Crippen LogP contribution is 2.31. The van der Waals surface area contributed by atoms with Crippen LogP contribution in [0, 0.1) is 0 Å². The fourth-order valence-corrected chi connectivity index (χ4v) is 1.31. The third-order valence-corrected chi connectivity index (χ3v) is 2.31. The average Bonchev–Trinajstić information content (AvgIpc) is 3.01. The topological polar surface area (TPSA) is 44.5 Å². The van der Waals surface area contributed by atoms with E-state index in [0.717, 1.165) is 29.9 Å². The van der Waals surface area contributed by atoms with Gasteiger partial charge in [-0.05, 0) is 18.9 Å². The molecular formula is C11H15NO2. The second kappa shape index (κ2) is 3.88. The molecule has 0 spiro atoms. The summed E-state index contributed by atoms with van der Waals surface area (Å²) in [6.07, 6.45) is 2.70. The van der Waals surface area contributed by atoms with Crippen molar-refractivity contribution in [2.45, 2.75) is 25.5 Å². The molecule has 1 aliphatic rings. The lowest BCUT2D eigenvalue weighted by Gasteiger charge is -2.10. The van der Waals surface area contributed by atoms with Crippen LogP contribution in [-0.2, 0) is 6.54 Å². The molecule has 0 aliphatic heterocycles. The van der Waals surface area contributed by atoms with E-state index in [1.807, 2.05) is 18.2 Å². The van der Waals surface area contributed by atoms with Crippen molar-refractivity contribution < 1.29 is 9.47 Å². The summed E-state index contributed by atoms with van der Waals surface area (Å²) in [6.45, 7) is 0.506. The van der Waals surface area contributed by atoms with E-state index >= 15 is 0 Å². The van der Waals surface area contributed by atoms with E-state index in [0.29, 0.717) is 12.6 Å². The molecule has 3 heteroatoms. The number of benzene rings is 1. The Morgan fingerprint density at radius 2 is 2.21 bits per heavy atom. The second-order valence-electron chi connectivity index (χ2n) is 3.49. The number of hydrogen-bond donors (Lipinski definition) is 1. The molecule has 0 saturated heterocycles. The zero-order valence-electron chi connectivity index (χ0n) is 8.32. The summed E-state index contributed by atoms with van der Waals surface area (Å²) in [5, 5.41) is 0. The van der Waals surface area contributed by atoms with Crippen LogP contribution in [0.1, 0.15) is 18.4 Å². The zero-order valence-corrected chi connectivity index (χ0v) is 8.32. The summed E-state index contributed by atoms with van der Waals surface area (Å²) >= 11 is 0. The summed E-state index contributed by atoms with van der Waals surface area (Å²) in [6, 6.07) is 5.76. The molecule has 14 heavy (non-hydrogen) atoms. The average molecular weight is 193 g/mol. The Morgan fingerprint density at radius 1 is 1.43 bits per heavy atom. The first kappa shape index (κ1) is 9.34. The molecule has 0 amide bonds. The molecule has 1 aromatic rings. The summed E-state index contributed by atoms with van der Waals surface area (Å²) in [5.41, 5.74) is 6.66. The largest absolute Gasteiger partial charge is 0.497 e. The van der Waals surface area contributed by atoms with E-state index in [4.69, 9.17) is 15.2 Å². The summed E-state index contributed by atoms with van der Waals surface area (Å²) in [5.74, 6) is 1.69. The lowest BCUT2D eigenvalue weighted by Crippen LogP contribution is -2.04.